The highest BCUT2D eigenvalue weighted by atomic mass is 19.1. The summed E-state index contributed by atoms with van der Waals surface area (Å²) in [4.78, 5) is 61.4. The third-order valence-corrected chi connectivity index (χ3v) is 8.62. The van der Waals surface area contributed by atoms with Crippen molar-refractivity contribution in [1.82, 2.24) is 9.78 Å². The van der Waals surface area contributed by atoms with Gasteiger partial charge in [0.05, 0.1) is 35.4 Å². The molecule has 0 bridgehead atoms. The number of halogens is 1. The topological polar surface area (TPSA) is 114 Å². The van der Waals surface area contributed by atoms with Crippen LogP contribution in [-0.2, 0) is 25.5 Å². The van der Waals surface area contributed by atoms with Crippen molar-refractivity contribution in [3.8, 4) is 5.75 Å². The van der Waals surface area contributed by atoms with E-state index in [1.165, 1.54) is 28.0 Å². The Morgan fingerprint density at radius 3 is 2.21 bits per heavy atom. The van der Waals surface area contributed by atoms with E-state index < -0.39 is 47.7 Å². The first-order valence-corrected chi connectivity index (χ1v) is 16.9. The number of carbonyl (C=O) groups is 4. The van der Waals surface area contributed by atoms with Gasteiger partial charge in [0.1, 0.15) is 29.6 Å². The quantitative estimate of drug-likeness (QED) is 0.156. The minimum atomic E-state index is -1.43. The van der Waals surface area contributed by atoms with Crippen LogP contribution in [-0.4, -0.2) is 58.9 Å². The molecule has 6 rings (SSSR count). The van der Waals surface area contributed by atoms with Crippen LogP contribution in [0.25, 0.3) is 10.9 Å². The highest BCUT2D eigenvalue weighted by Crippen LogP contribution is 2.40. The molecule has 0 saturated heterocycles. The molecular formula is C40H40FN5O6. The lowest BCUT2D eigenvalue weighted by Gasteiger charge is -2.31. The predicted octanol–water partition coefficient (Wildman–Crippen LogP) is 7.28. The van der Waals surface area contributed by atoms with Crippen molar-refractivity contribution in [2.45, 2.75) is 52.7 Å². The first-order chi connectivity index (χ1) is 24.8. The molecule has 1 atom stereocenters. The van der Waals surface area contributed by atoms with Gasteiger partial charge < -0.3 is 19.3 Å². The number of hydrogen-bond acceptors (Lipinski definition) is 7. The van der Waals surface area contributed by atoms with Crippen LogP contribution in [0.5, 0.6) is 5.75 Å². The molecule has 52 heavy (non-hydrogen) atoms. The van der Waals surface area contributed by atoms with Crippen LogP contribution >= 0.6 is 0 Å². The maximum Gasteiger partial charge on any atom is 0.435 e. The van der Waals surface area contributed by atoms with Gasteiger partial charge in [0.15, 0.2) is 0 Å². The molecule has 1 aliphatic heterocycles. The molecule has 0 fully saturated rings. The van der Waals surface area contributed by atoms with Gasteiger partial charge in [-0.15, -0.1) is 0 Å². The van der Waals surface area contributed by atoms with Crippen LogP contribution in [0.1, 0.15) is 40.3 Å². The van der Waals surface area contributed by atoms with E-state index in [0.717, 1.165) is 4.68 Å². The molecule has 4 aromatic carbocycles. The summed E-state index contributed by atoms with van der Waals surface area (Å²) >= 11 is 0. The van der Waals surface area contributed by atoms with Crippen LogP contribution in [0.3, 0.4) is 0 Å². The molecule has 1 aliphatic rings. The fourth-order valence-electron chi connectivity index (χ4n) is 6.39. The van der Waals surface area contributed by atoms with Gasteiger partial charge in [-0.1, -0.05) is 36.4 Å². The summed E-state index contributed by atoms with van der Waals surface area (Å²) in [6, 6.07) is 26.0. The lowest BCUT2D eigenvalue weighted by molar-refractivity contribution is -0.132. The van der Waals surface area contributed by atoms with Gasteiger partial charge >= 0.3 is 6.09 Å². The van der Waals surface area contributed by atoms with Crippen molar-refractivity contribution in [1.29, 1.82) is 0 Å². The summed E-state index contributed by atoms with van der Waals surface area (Å²) in [5.41, 5.74) is 1.32. The van der Waals surface area contributed by atoms with E-state index in [9.17, 15) is 23.6 Å². The van der Waals surface area contributed by atoms with Gasteiger partial charge in [0, 0.05) is 23.5 Å². The number of nitrogens with zero attached hydrogens (tertiary/aromatic N) is 5. The third kappa shape index (κ3) is 7.09. The zero-order valence-electron chi connectivity index (χ0n) is 29.9. The number of ether oxygens (including phenoxy) is 2. The number of rotatable bonds is 8. The summed E-state index contributed by atoms with van der Waals surface area (Å²) in [6.45, 7) is 8.54. The number of fused-ring (bicyclic) bond motifs is 2. The van der Waals surface area contributed by atoms with Crippen LogP contribution in [0, 0.1) is 11.7 Å². The minimum Gasteiger partial charge on any atom is -0.497 e. The van der Waals surface area contributed by atoms with Gasteiger partial charge in [0.25, 0.3) is 0 Å². The first-order valence-electron chi connectivity index (χ1n) is 16.9. The molecule has 0 N–H and O–H groups in total. The fourth-order valence-corrected chi connectivity index (χ4v) is 6.39. The molecule has 0 saturated carbocycles. The molecular weight excluding hydrogens is 665 g/mol. The van der Waals surface area contributed by atoms with Crippen molar-refractivity contribution in [3.63, 3.8) is 0 Å². The van der Waals surface area contributed by atoms with E-state index in [4.69, 9.17) is 9.47 Å². The second kappa shape index (κ2) is 14.3. The number of benzene rings is 4. The summed E-state index contributed by atoms with van der Waals surface area (Å²) in [7, 11) is 1.55. The van der Waals surface area contributed by atoms with E-state index in [1.807, 2.05) is 13.8 Å². The van der Waals surface area contributed by atoms with E-state index >= 15 is 0 Å². The average molecular weight is 706 g/mol. The molecule has 1 aromatic heterocycles. The largest absolute Gasteiger partial charge is 0.497 e. The Bertz CT molecular complexity index is 2160. The number of hydrogen-bond donors (Lipinski definition) is 0. The fraction of sp³-hybridized carbons (Fsp3) is 0.275. The van der Waals surface area contributed by atoms with E-state index in [2.05, 4.69) is 5.10 Å². The van der Waals surface area contributed by atoms with Gasteiger partial charge in [-0.05, 0) is 95.3 Å². The van der Waals surface area contributed by atoms with E-state index in [0.29, 0.717) is 39.4 Å². The number of aromatic nitrogens is 2. The Morgan fingerprint density at radius 2 is 1.56 bits per heavy atom. The molecule has 0 aliphatic carbocycles. The van der Waals surface area contributed by atoms with Gasteiger partial charge in [0.2, 0.25) is 17.7 Å². The van der Waals surface area contributed by atoms with E-state index in [1.54, 1.807) is 112 Å². The number of amides is 3. The maximum absolute atomic E-state index is 14.9. The zero-order chi connectivity index (χ0) is 37.3. The van der Waals surface area contributed by atoms with E-state index in [-0.39, 0.29) is 18.2 Å². The average Bonchev–Trinajstić information content (AvgIpc) is 3.44. The molecule has 3 amide bonds. The number of para-hydroxylation sites is 3. The third-order valence-electron chi connectivity index (χ3n) is 8.62. The van der Waals surface area contributed by atoms with Crippen molar-refractivity contribution in [2.75, 3.05) is 28.4 Å². The smallest absolute Gasteiger partial charge is 0.435 e. The van der Waals surface area contributed by atoms with Crippen LogP contribution in [0.15, 0.2) is 97.1 Å². The molecule has 11 nitrogen and oxygen atoms in total. The lowest BCUT2D eigenvalue weighted by Crippen LogP contribution is -2.48. The van der Waals surface area contributed by atoms with Crippen LogP contribution < -0.4 is 19.4 Å². The molecule has 1 unspecified atom stereocenters. The summed E-state index contributed by atoms with van der Waals surface area (Å²) < 4.78 is 26.7. The first kappa shape index (κ1) is 35.8. The molecule has 268 valence electrons. The number of anilines is 4. The highest BCUT2D eigenvalue weighted by molar-refractivity contribution is 6.21. The molecule has 0 spiro atoms. The van der Waals surface area contributed by atoms with Crippen molar-refractivity contribution in [3.05, 3.63) is 109 Å². The second-order valence-electron chi connectivity index (χ2n) is 13.7. The Balaban J connectivity index is 1.47. The molecule has 5 aromatic rings. The van der Waals surface area contributed by atoms with Crippen LogP contribution in [0.4, 0.5) is 31.9 Å². The SMILES string of the molecule is COc1ccc(N(C(=O)CN2C(=O)C(Cc3nn(C(=O)OC(C)(C)C)c4ccccc34)C(=O)N(c3cccc(F)c3)c3ccccc32)C(C)C)cc1. The van der Waals surface area contributed by atoms with Gasteiger partial charge in [-0.3, -0.25) is 19.3 Å². The molecule has 2 heterocycles. The normalized spacial score (nSPS) is 14.7. The monoisotopic (exact) mass is 705 g/mol. The summed E-state index contributed by atoms with van der Waals surface area (Å²) in [5.74, 6) is -3.08. The molecule has 12 heteroatoms. The van der Waals surface area contributed by atoms with Crippen molar-refractivity contribution < 1.29 is 33.0 Å². The Morgan fingerprint density at radius 1 is 0.885 bits per heavy atom. The zero-order valence-corrected chi connectivity index (χ0v) is 29.9. The Labute approximate surface area is 301 Å². The minimum absolute atomic E-state index is 0.203. The maximum atomic E-state index is 14.9. The Hall–Kier alpha value is -6.04. The lowest BCUT2D eigenvalue weighted by atomic mass is 9.98. The highest BCUT2D eigenvalue weighted by Gasteiger charge is 2.43. The number of carbonyl (C=O) groups excluding carboxylic acids is 4. The second-order valence-corrected chi connectivity index (χ2v) is 13.7. The molecule has 0 radical (unpaired) electrons. The van der Waals surface area contributed by atoms with Crippen molar-refractivity contribution >= 4 is 57.5 Å². The van der Waals surface area contributed by atoms with Crippen LogP contribution in [0.2, 0.25) is 0 Å². The van der Waals surface area contributed by atoms with Gasteiger partial charge in [-0.25, -0.2) is 9.18 Å². The standard InChI is InChI=1S/C40H40FN5O6/c1-25(2)44(27-18-20-29(51-6)21-19-27)36(47)24-43-34-16-9-10-17-35(34)45(28-13-11-12-26(41)22-28)38(49)31(37(43)48)23-32-30-14-7-8-15-33(30)46(42-32)39(50)52-40(3,4)5/h7-22,25,31H,23-24H2,1-6H3. The summed E-state index contributed by atoms with van der Waals surface area (Å²) in [6.07, 6.45) is -0.952. The predicted molar refractivity (Wildman–Crippen MR) is 197 cm³/mol. The number of methoxy groups -OCH3 is 1. The van der Waals surface area contributed by atoms with Crippen molar-refractivity contribution in [2.24, 2.45) is 5.92 Å². The Kier molecular flexibility index (Phi) is 9.83. The van der Waals surface area contributed by atoms with Gasteiger partial charge in [-0.2, -0.15) is 9.78 Å². The summed E-state index contributed by atoms with van der Waals surface area (Å²) in [5, 5.41) is 5.12.